The molecule has 4 heteroatoms. The second kappa shape index (κ2) is 11.2. The third kappa shape index (κ3) is 5.75. The molecular formula is C30H34N2O2. The molecule has 0 aliphatic heterocycles. The van der Waals surface area contributed by atoms with Gasteiger partial charge in [-0.1, -0.05) is 77.9 Å². The molecule has 4 rings (SSSR count). The standard InChI is InChI=1S/C30H34N2O2/c1-22-12-14-24(15-13-22)20-32-21-28(26-10-4-5-11-29(26)32)27(25-9-6-8-23(2)18-25)19-30(33)31-16-7-17-34-3/h4-6,8-15,18,21,27H,7,16-17,19-20H2,1-3H3,(H,31,33)/t27-/m0/s1. The predicted molar refractivity (Wildman–Crippen MR) is 139 cm³/mol. The van der Waals surface area contributed by atoms with Gasteiger partial charge in [-0.15, -0.1) is 0 Å². The van der Waals surface area contributed by atoms with E-state index in [2.05, 4.69) is 103 Å². The number of methoxy groups -OCH3 is 1. The van der Waals surface area contributed by atoms with E-state index < -0.39 is 0 Å². The van der Waals surface area contributed by atoms with Crippen molar-refractivity contribution in [3.8, 4) is 0 Å². The van der Waals surface area contributed by atoms with Gasteiger partial charge in [-0.2, -0.15) is 0 Å². The maximum absolute atomic E-state index is 13.0. The van der Waals surface area contributed by atoms with Gasteiger partial charge >= 0.3 is 0 Å². The number of hydrogen-bond acceptors (Lipinski definition) is 2. The smallest absolute Gasteiger partial charge is 0.220 e. The van der Waals surface area contributed by atoms with Crippen molar-refractivity contribution in [1.29, 1.82) is 0 Å². The molecule has 1 N–H and O–H groups in total. The quantitative estimate of drug-likeness (QED) is 0.300. The Hall–Kier alpha value is -3.37. The third-order valence-corrected chi connectivity index (χ3v) is 6.35. The van der Waals surface area contributed by atoms with Crippen LogP contribution in [0.25, 0.3) is 10.9 Å². The van der Waals surface area contributed by atoms with E-state index in [1.165, 1.54) is 38.7 Å². The minimum absolute atomic E-state index is 0.0218. The van der Waals surface area contributed by atoms with E-state index in [0.29, 0.717) is 19.6 Å². The fourth-order valence-corrected chi connectivity index (χ4v) is 4.57. The minimum atomic E-state index is -0.0218. The lowest BCUT2D eigenvalue weighted by molar-refractivity contribution is -0.121. The molecule has 1 amide bonds. The Bertz CT molecular complexity index is 1240. The van der Waals surface area contributed by atoms with E-state index in [9.17, 15) is 4.79 Å². The Morgan fingerprint density at radius 3 is 2.53 bits per heavy atom. The van der Waals surface area contributed by atoms with Crippen molar-refractivity contribution >= 4 is 16.8 Å². The summed E-state index contributed by atoms with van der Waals surface area (Å²) in [6.07, 6.45) is 3.47. The highest BCUT2D eigenvalue weighted by molar-refractivity contribution is 5.86. The molecule has 0 aliphatic carbocycles. The number of carbonyl (C=O) groups excluding carboxylic acids is 1. The van der Waals surface area contributed by atoms with Crippen LogP contribution < -0.4 is 5.32 Å². The summed E-state index contributed by atoms with van der Waals surface area (Å²) in [5, 5.41) is 4.28. The van der Waals surface area contributed by atoms with E-state index in [0.717, 1.165) is 13.0 Å². The number of rotatable bonds is 10. The molecule has 1 atom stereocenters. The van der Waals surface area contributed by atoms with Crippen molar-refractivity contribution in [1.82, 2.24) is 9.88 Å². The average molecular weight is 455 g/mol. The largest absolute Gasteiger partial charge is 0.385 e. The number of ether oxygens (including phenoxy) is 1. The Kier molecular flexibility index (Phi) is 7.81. The average Bonchev–Trinajstić information content (AvgIpc) is 3.20. The number of benzene rings is 3. The fraction of sp³-hybridized carbons (Fsp3) is 0.300. The first-order valence-electron chi connectivity index (χ1n) is 12.0. The summed E-state index contributed by atoms with van der Waals surface area (Å²) < 4.78 is 7.42. The van der Waals surface area contributed by atoms with Crippen molar-refractivity contribution in [2.75, 3.05) is 20.3 Å². The Labute approximate surface area is 202 Å². The summed E-state index contributed by atoms with van der Waals surface area (Å²) in [4.78, 5) is 13.0. The van der Waals surface area contributed by atoms with Crippen LogP contribution in [0.3, 0.4) is 0 Å². The van der Waals surface area contributed by atoms with Gasteiger partial charge < -0.3 is 14.6 Å². The number of aromatic nitrogens is 1. The van der Waals surface area contributed by atoms with Crippen LogP contribution in [0.15, 0.2) is 79.0 Å². The topological polar surface area (TPSA) is 43.3 Å². The van der Waals surface area contributed by atoms with Gasteiger partial charge in [-0.3, -0.25) is 4.79 Å². The molecule has 0 aliphatic rings. The number of carbonyl (C=O) groups is 1. The van der Waals surface area contributed by atoms with E-state index in [4.69, 9.17) is 4.74 Å². The molecular weight excluding hydrogens is 420 g/mol. The van der Waals surface area contributed by atoms with Gasteiger partial charge in [0.1, 0.15) is 0 Å². The van der Waals surface area contributed by atoms with Crippen LogP contribution >= 0.6 is 0 Å². The van der Waals surface area contributed by atoms with E-state index in [1.54, 1.807) is 7.11 Å². The number of hydrogen-bond donors (Lipinski definition) is 1. The van der Waals surface area contributed by atoms with Gasteiger partial charge in [0.25, 0.3) is 0 Å². The lowest BCUT2D eigenvalue weighted by Gasteiger charge is -2.18. The number of aryl methyl sites for hydroxylation is 2. The summed E-state index contributed by atoms with van der Waals surface area (Å²) >= 11 is 0. The number of amides is 1. The summed E-state index contributed by atoms with van der Waals surface area (Å²) in [6.45, 7) is 6.28. The first kappa shape index (κ1) is 23.8. The highest BCUT2D eigenvalue weighted by atomic mass is 16.5. The molecule has 0 fully saturated rings. The van der Waals surface area contributed by atoms with Gasteiger partial charge in [0.15, 0.2) is 0 Å². The molecule has 1 aromatic heterocycles. The molecule has 4 aromatic rings. The molecule has 0 saturated heterocycles. The van der Waals surface area contributed by atoms with Gasteiger partial charge in [0.2, 0.25) is 5.91 Å². The first-order valence-corrected chi connectivity index (χ1v) is 12.0. The Balaban J connectivity index is 1.70. The van der Waals surface area contributed by atoms with Gasteiger partial charge in [0.05, 0.1) is 0 Å². The van der Waals surface area contributed by atoms with Crippen LogP contribution in [0.5, 0.6) is 0 Å². The van der Waals surface area contributed by atoms with Crippen LogP contribution in [0, 0.1) is 13.8 Å². The summed E-state index contributed by atoms with van der Waals surface area (Å²) in [5.74, 6) is 0.0458. The Morgan fingerprint density at radius 2 is 1.76 bits per heavy atom. The van der Waals surface area contributed by atoms with Crippen LogP contribution in [-0.4, -0.2) is 30.7 Å². The molecule has 4 nitrogen and oxygen atoms in total. The zero-order valence-corrected chi connectivity index (χ0v) is 20.4. The maximum atomic E-state index is 13.0. The number of nitrogens with one attached hydrogen (secondary N) is 1. The summed E-state index contributed by atoms with van der Waals surface area (Å²) in [6, 6.07) is 25.7. The van der Waals surface area contributed by atoms with Crippen LogP contribution in [0.2, 0.25) is 0 Å². The van der Waals surface area contributed by atoms with E-state index in [-0.39, 0.29) is 11.8 Å². The monoisotopic (exact) mass is 454 g/mol. The van der Waals surface area contributed by atoms with Crippen molar-refractivity contribution in [3.63, 3.8) is 0 Å². The first-order chi connectivity index (χ1) is 16.5. The van der Waals surface area contributed by atoms with Gasteiger partial charge in [-0.05, 0) is 43.0 Å². The van der Waals surface area contributed by atoms with Crippen molar-refractivity contribution < 1.29 is 9.53 Å². The normalized spacial score (nSPS) is 12.1. The third-order valence-electron chi connectivity index (χ3n) is 6.35. The van der Waals surface area contributed by atoms with Crippen molar-refractivity contribution in [3.05, 3.63) is 107 Å². The minimum Gasteiger partial charge on any atom is -0.385 e. The maximum Gasteiger partial charge on any atom is 0.220 e. The number of nitrogens with zero attached hydrogens (tertiary/aromatic N) is 1. The van der Waals surface area contributed by atoms with Crippen LogP contribution in [-0.2, 0) is 16.1 Å². The summed E-state index contributed by atoms with van der Waals surface area (Å²) in [5.41, 5.74) is 7.28. The molecule has 176 valence electrons. The Morgan fingerprint density at radius 1 is 0.971 bits per heavy atom. The molecule has 1 heterocycles. The molecule has 0 radical (unpaired) electrons. The zero-order valence-electron chi connectivity index (χ0n) is 20.4. The molecule has 0 bridgehead atoms. The van der Waals surface area contributed by atoms with E-state index in [1.807, 2.05) is 0 Å². The van der Waals surface area contributed by atoms with Crippen molar-refractivity contribution in [2.24, 2.45) is 0 Å². The lowest BCUT2D eigenvalue weighted by Crippen LogP contribution is -2.27. The zero-order chi connectivity index (χ0) is 23.9. The second-order valence-corrected chi connectivity index (χ2v) is 9.08. The number of fused-ring (bicyclic) bond motifs is 1. The molecule has 0 unspecified atom stereocenters. The molecule has 3 aromatic carbocycles. The SMILES string of the molecule is COCCCNC(=O)C[C@@H](c1cccc(C)c1)c1cn(Cc2ccc(C)cc2)c2ccccc12. The number of para-hydroxylation sites is 1. The highest BCUT2D eigenvalue weighted by Gasteiger charge is 2.23. The molecule has 34 heavy (non-hydrogen) atoms. The highest BCUT2D eigenvalue weighted by Crippen LogP contribution is 2.35. The summed E-state index contributed by atoms with van der Waals surface area (Å²) in [7, 11) is 1.68. The van der Waals surface area contributed by atoms with Crippen LogP contribution in [0.1, 0.15) is 46.6 Å². The van der Waals surface area contributed by atoms with Crippen LogP contribution in [0.4, 0.5) is 0 Å². The van der Waals surface area contributed by atoms with Gasteiger partial charge in [-0.25, -0.2) is 0 Å². The lowest BCUT2D eigenvalue weighted by atomic mass is 9.87. The molecule has 0 saturated carbocycles. The molecule has 0 spiro atoms. The predicted octanol–water partition coefficient (Wildman–Crippen LogP) is 5.98. The van der Waals surface area contributed by atoms with Gasteiger partial charge in [0, 0.05) is 56.2 Å². The van der Waals surface area contributed by atoms with Crippen molar-refractivity contribution in [2.45, 2.75) is 39.2 Å². The second-order valence-electron chi connectivity index (χ2n) is 9.08. The fourth-order valence-electron chi connectivity index (χ4n) is 4.57. The van der Waals surface area contributed by atoms with E-state index >= 15 is 0 Å².